The maximum Gasteiger partial charge on any atom is 0.471 e. The summed E-state index contributed by atoms with van der Waals surface area (Å²) in [7, 11) is 0. The van der Waals surface area contributed by atoms with Crippen LogP contribution in [0.1, 0.15) is 28.2 Å². The van der Waals surface area contributed by atoms with Gasteiger partial charge in [0.05, 0.1) is 12.6 Å². The first kappa shape index (κ1) is 17.0. The summed E-state index contributed by atoms with van der Waals surface area (Å²) < 4.78 is 47.4. The van der Waals surface area contributed by atoms with Crippen LogP contribution in [0.15, 0.2) is 22.7 Å². The average molecular weight is 368 g/mol. The van der Waals surface area contributed by atoms with Gasteiger partial charge in [-0.1, -0.05) is 17.3 Å². The lowest BCUT2D eigenvalue weighted by atomic mass is 10.0. The lowest BCUT2D eigenvalue weighted by Crippen LogP contribution is -2.53. The Morgan fingerprint density at radius 2 is 2.12 bits per heavy atom. The van der Waals surface area contributed by atoms with Crippen molar-refractivity contribution in [1.29, 1.82) is 0 Å². The van der Waals surface area contributed by atoms with Gasteiger partial charge < -0.3 is 19.9 Å². The summed E-state index contributed by atoms with van der Waals surface area (Å²) in [5, 5.41) is 3.36. The van der Waals surface area contributed by atoms with Gasteiger partial charge >= 0.3 is 12.1 Å². The Morgan fingerprint density at radius 3 is 2.81 bits per heavy atom. The van der Waals surface area contributed by atoms with Crippen LogP contribution in [-0.4, -0.2) is 46.2 Å². The van der Waals surface area contributed by atoms with Gasteiger partial charge in [-0.3, -0.25) is 4.79 Å². The molecule has 2 aromatic rings. The first-order valence-corrected chi connectivity index (χ1v) is 8.03. The number of carbonyl (C=O) groups is 1. The number of nitrogens with zero attached hydrogens (tertiary/aromatic N) is 3. The van der Waals surface area contributed by atoms with E-state index >= 15 is 0 Å². The third kappa shape index (κ3) is 2.84. The maximum atomic E-state index is 12.8. The van der Waals surface area contributed by atoms with Gasteiger partial charge in [0.25, 0.3) is 5.91 Å². The van der Waals surface area contributed by atoms with Gasteiger partial charge in [0.1, 0.15) is 0 Å². The SMILES string of the molecule is N[C@@H]1COCC[C@H]1N1Cc2ccc(-c3noc(C(F)(F)F)n3)cc2C1=O. The normalized spacial score (nSPS) is 23.4. The second-order valence-electron chi connectivity index (χ2n) is 6.32. The van der Waals surface area contributed by atoms with Gasteiger partial charge in [-0.05, 0) is 18.1 Å². The molecule has 4 rings (SSSR count). The van der Waals surface area contributed by atoms with E-state index in [0.29, 0.717) is 31.7 Å². The number of carbonyl (C=O) groups excluding carboxylic acids is 1. The zero-order valence-electron chi connectivity index (χ0n) is 13.5. The summed E-state index contributed by atoms with van der Waals surface area (Å²) in [6.45, 7) is 1.33. The van der Waals surface area contributed by atoms with Crippen molar-refractivity contribution in [2.45, 2.75) is 31.2 Å². The summed E-state index contributed by atoms with van der Waals surface area (Å²) in [6, 6.07) is 4.36. The van der Waals surface area contributed by atoms with Crippen molar-refractivity contribution in [1.82, 2.24) is 15.0 Å². The summed E-state index contributed by atoms with van der Waals surface area (Å²) >= 11 is 0. The van der Waals surface area contributed by atoms with E-state index < -0.39 is 12.1 Å². The highest BCUT2D eigenvalue weighted by Crippen LogP contribution is 2.32. The van der Waals surface area contributed by atoms with E-state index in [1.54, 1.807) is 17.0 Å². The molecule has 2 aliphatic rings. The van der Waals surface area contributed by atoms with Crippen molar-refractivity contribution in [3.05, 3.63) is 35.2 Å². The monoisotopic (exact) mass is 368 g/mol. The molecule has 0 radical (unpaired) electrons. The zero-order valence-corrected chi connectivity index (χ0v) is 13.5. The number of fused-ring (bicyclic) bond motifs is 1. The van der Waals surface area contributed by atoms with Crippen LogP contribution in [0.25, 0.3) is 11.4 Å². The molecule has 10 heteroatoms. The van der Waals surface area contributed by atoms with E-state index in [9.17, 15) is 18.0 Å². The number of hydrogen-bond acceptors (Lipinski definition) is 6. The molecule has 26 heavy (non-hydrogen) atoms. The van der Waals surface area contributed by atoms with Crippen LogP contribution in [0.4, 0.5) is 13.2 Å². The van der Waals surface area contributed by atoms with Crippen molar-refractivity contribution in [3.8, 4) is 11.4 Å². The second kappa shape index (κ2) is 6.06. The van der Waals surface area contributed by atoms with Gasteiger partial charge in [0.15, 0.2) is 0 Å². The third-order valence-corrected chi connectivity index (χ3v) is 4.63. The molecule has 2 aliphatic heterocycles. The van der Waals surface area contributed by atoms with Crippen LogP contribution < -0.4 is 5.73 Å². The summed E-state index contributed by atoms with van der Waals surface area (Å²) in [5.41, 5.74) is 7.55. The van der Waals surface area contributed by atoms with Crippen molar-refractivity contribution < 1.29 is 27.2 Å². The van der Waals surface area contributed by atoms with Gasteiger partial charge in [0.2, 0.25) is 5.82 Å². The fourth-order valence-electron chi connectivity index (χ4n) is 3.32. The third-order valence-electron chi connectivity index (χ3n) is 4.63. The first-order chi connectivity index (χ1) is 12.3. The second-order valence-corrected chi connectivity index (χ2v) is 6.32. The van der Waals surface area contributed by atoms with Crippen LogP contribution in [0.2, 0.25) is 0 Å². The summed E-state index contributed by atoms with van der Waals surface area (Å²) in [4.78, 5) is 17.8. The molecule has 0 bridgehead atoms. The van der Waals surface area contributed by atoms with Gasteiger partial charge in [-0.25, -0.2) is 0 Å². The standard InChI is InChI=1S/C16H15F3N4O3/c17-16(18,19)15-21-13(22-26-15)8-1-2-9-6-23(14(24)10(9)5-8)12-3-4-25-7-11(12)20/h1-2,5,11-12H,3-4,6-7,20H2/t11-,12-/m1/s1. The Bertz CT molecular complexity index is 852. The maximum absolute atomic E-state index is 12.8. The molecule has 1 amide bonds. The summed E-state index contributed by atoms with van der Waals surface area (Å²) in [5.74, 6) is -1.84. The number of halogens is 3. The van der Waals surface area contributed by atoms with Crippen LogP contribution in [0.3, 0.4) is 0 Å². The molecule has 0 spiro atoms. The number of alkyl halides is 3. The number of aromatic nitrogens is 2. The lowest BCUT2D eigenvalue weighted by Gasteiger charge is -2.35. The molecule has 1 aromatic heterocycles. The fraction of sp³-hybridized carbons (Fsp3) is 0.438. The molecule has 2 N–H and O–H groups in total. The highest BCUT2D eigenvalue weighted by Gasteiger charge is 2.39. The van der Waals surface area contributed by atoms with Gasteiger partial charge in [-0.15, -0.1) is 0 Å². The fourth-order valence-corrected chi connectivity index (χ4v) is 3.32. The predicted molar refractivity (Wildman–Crippen MR) is 81.8 cm³/mol. The molecule has 1 aromatic carbocycles. The Kier molecular flexibility index (Phi) is 3.96. The lowest BCUT2D eigenvalue weighted by molar-refractivity contribution is -0.159. The van der Waals surface area contributed by atoms with E-state index in [1.165, 1.54) is 6.07 Å². The van der Waals surface area contributed by atoms with E-state index in [0.717, 1.165) is 5.56 Å². The Labute approximate surface area is 145 Å². The number of ether oxygens (including phenoxy) is 1. The number of nitrogens with two attached hydrogens (primary N) is 1. The molecule has 138 valence electrons. The number of rotatable bonds is 2. The van der Waals surface area contributed by atoms with E-state index in [2.05, 4.69) is 14.7 Å². The topological polar surface area (TPSA) is 94.5 Å². The van der Waals surface area contributed by atoms with Crippen LogP contribution in [0, 0.1) is 0 Å². The molecule has 2 atom stereocenters. The van der Waals surface area contributed by atoms with Gasteiger partial charge in [0, 0.05) is 30.3 Å². The Balaban J connectivity index is 1.61. The van der Waals surface area contributed by atoms with E-state index in [1.807, 2.05) is 0 Å². The smallest absolute Gasteiger partial charge is 0.380 e. The number of hydrogen-bond donors (Lipinski definition) is 1. The predicted octanol–water partition coefficient (Wildman–Crippen LogP) is 1.83. The molecule has 3 heterocycles. The minimum atomic E-state index is -4.71. The van der Waals surface area contributed by atoms with Crippen LogP contribution in [-0.2, 0) is 17.5 Å². The van der Waals surface area contributed by atoms with E-state index in [4.69, 9.17) is 10.5 Å². The number of amides is 1. The quantitative estimate of drug-likeness (QED) is 0.869. The van der Waals surface area contributed by atoms with E-state index in [-0.39, 0.29) is 29.4 Å². The van der Waals surface area contributed by atoms with Crippen molar-refractivity contribution >= 4 is 5.91 Å². The van der Waals surface area contributed by atoms with Crippen molar-refractivity contribution in [2.24, 2.45) is 5.73 Å². The zero-order chi connectivity index (χ0) is 18.5. The number of benzene rings is 1. The van der Waals surface area contributed by atoms with Crippen molar-refractivity contribution in [3.63, 3.8) is 0 Å². The average Bonchev–Trinajstić information content (AvgIpc) is 3.21. The molecule has 0 aliphatic carbocycles. The van der Waals surface area contributed by atoms with Gasteiger partial charge in [-0.2, -0.15) is 18.2 Å². The molecule has 0 unspecified atom stereocenters. The van der Waals surface area contributed by atoms with Crippen molar-refractivity contribution in [2.75, 3.05) is 13.2 Å². The van der Waals surface area contributed by atoms with Crippen LogP contribution >= 0.6 is 0 Å². The molecular weight excluding hydrogens is 353 g/mol. The summed E-state index contributed by atoms with van der Waals surface area (Å²) in [6.07, 6.45) is -4.07. The molecule has 7 nitrogen and oxygen atoms in total. The minimum Gasteiger partial charge on any atom is -0.380 e. The highest BCUT2D eigenvalue weighted by atomic mass is 19.4. The molecule has 1 fully saturated rings. The minimum absolute atomic E-state index is 0.130. The highest BCUT2D eigenvalue weighted by molar-refractivity contribution is 5.99. The molecular formula is C16H15F3N4O3. The van der Waals surface area contributed by atoms with Crippen LogP contribution in [0.5, 0.6) is 0 Å². The Hall–Kier alpha value is -2.46. The Morgan fingerprint density at radius 1 is 1.31 bits per heavy atom. The molecule has 1 saturated heterocycles. The molecule has 0 saturated carbocycles. The largest absolute Gasteiger partial charge is 0.471 e. The first-order valence-electron chi connectivity index (χ1n) is 8.03.